The number of nitrogens with zero attached hydrogens (tertiary/aromatic N) is 2. The van der Waals surface area contributed by atoms with Crippen molar-refractivity contribution >= 4 is 5.91 Å². The Balaban J connectivity index is 1.71. The first kappa shape index (κ1) is 9.84. The Morgan fingerprint density at radius 3 is 3.25 bits per heavy atom. The van der Waals surface area contributed by atoms with Crippen molar-refractivity contribution in [3.8, 4) is 0 Å². The molecule has 2 aliphatic heterocycles. The first-order chi connectivity index (χ1) is 7.84. The molecule has 0 aromatic carbocycles. The highest BCUT2D eigenvalue weighted by atomic mass is 16.5. The molecule has 3 rings (SSSR count). The normalized spacial score (nSPS) is 29.1. The zero-order chi connectivity index (χ0) is 11.0. The molecule has 3 heterocycles. The standard InChI is InChI=1S/C11H15N3O2/c15-11(9-4-13-16-7-9)14-5-8-2-1-3-12-10(8)6-14/h4,7-8,10,12H,1-3,5-6H2. The van der Waals surface area contributed by atoms with E-state index >= 15 is 0 Å². The van der Waals surface area contributed by atoms with Crippen molar-refractivity contribution in [3.63, 3.8) is 0 Å². The number of carbonyl (C=O) groups is 1. The van der Waals surface area contributed by atoms with E-state index in [0.717, 1.165) is 19.6 Å². The lowest BCUT2D eigenvalue weighted by Gasteiger charge is -2.24. The summed E-state index contributed by atoms with van der Waals surface area (Å²) >= 11 is 0. The molecule has 86 valence electrons. The highest BCUT2D eigenvalue weighted by Crippen LogP contribution is 2.25. The van der Waals surface area contributed by atoms with E-state index in [2.05, 4.69) is 10.5 Å². The molecule has 5 nitrogen and oxygen atoms in total. The molecule has 2 atom stereocenters. The minimum atomic E-state index is 0.0393. The maximum Gasteiger partial charge on any atom is 0.258 e. The Labute approximate surface area is 93.8 Å². The summed E-state index contributed by atoms with van der Waals surface area (Å²) in [6, 6.07) is 0.484. The Kier molecular flexibility index (Phi) is 2.40. The summed E-state index contributed by atoms with van der Waals surface area (Å²) in [5.74, 6) is 0.662. The van der Waals surface area contributed by atoms with Gasteiger partial charge in [0.2, 0.25) is 0 Å². The van der Waals surface area contributed by atoms with Crippen LogP contribution in [0.4, 0.5) is 0 Å². The van der Waals surface area contributed by atoms with E-state index in [0.29, 0.717) is 17.5 Å². The van der Waals surface area contributed by atoms with Crippen LogP contribution in [0.2, 0.25) is 0 Å². The lowest BCUT2D eigenvalue weighted by molar-refractivity contribution is 0.0785. The molecule has 0 spiro atoms. The van der Waals surface area contributed by atoms with Gasteiger partial charge in [-0.1, -0.05) is 5.16 Å². The van der Waals surface area contributed by atoms with E-state index in [-0.39, 0.29) is 5.91 Å². The molecule has 1 aromatic rings. The van der Waals surface area contributed by atoms with Gasteiger partial charge in [0.05, 0.1) is 11.8 Å². The Morgan fingerprint density at radius 1 is 1.56 bits per heavy atom. The van der Waals surface area contributed by atoms with Gasteiger partial charge in [0.15, 0.2) is 0 Å². The van der Waals surface area contributed by atoms with Crippen molar-refractivity contribution in [2.45, 2.75) is 18.9 Å². The minimum Gasteiger partial charge on any atom is -0.364 e. The first-order valence-corrected chi connectivity index (χ1v) is 5.76. The molecule has 0 saturated carbocycles. The molecule has 1 amide bonds. The van der Waals surface area contributed by atoms with E-state index in [1.165, 1.54) is 25.3 Å². The lowest BCUT2D eigenvalue weighted by Crippen LogP contribution is -2.41. The number of amides is 1. The van der Waals surface area contributed by atoms with Crippen molar-refractivity contribution < 1.29 is 9.32 Å². The largest absolute Gasteiger partial charge is 0.364 e. The number of aromatic nitrogens is 1. The Morgan fingerprint density at radius 2 is 2.50 bits per heavy atom. The first-order valence-electron chi connectivity index (χ1n) is 5.76. The second kappa shape index (κ2) is 3.90. The highest BCUT2D eigenvalue weighted by Gasteiger charge is 2.36. The summed E-state index contributed by atoms with van der Waals surface area (Å²) in [5.41, 5.74) is 0.554. The van der Waals surface area contributed by atoms with Crippen LogP contribution in [0.3, 0.4) is 0 Å². The second-order valence-electron chi connectivity index (χ2n) is 4.59. The van der Waals surface area contributed by atoms with Crippen LogP contribution in [-0.2, 0) is 0 Å². The number of piperidine rings is 1. The predicted molar refractivity (Wildman–Crippen MR) is 56.9 cm³/mol. The fraction of sp³-hybridized carbons (Fsp3) is 0.636. The van der Waals surface area contributed by atoms with E-state index in [1.54, 1.807) is 0 Å². The molecule has 2 fully saturated rings. The fourth-order valence-electron chi connectivity index (χ4n) is 2.71. The average molecular weight is 221 g/mol. The predicted octanol–water partition coefficient (Wildman–Crippen LogP) is 0.499. The van der Waals surface area contributed by atoms with Crippen LogP contribution in [0.1, 0.15) is 23.2 Å². The van der Waals surface area contributed by atoms with Crippen LogP contribution in [0.5, 0.6) is 0 Å². The molecule has 5 heteroatoms. The quantitative estimate of drug-likeness (QED) is 0.750. The van der Waals surface area contributed by atoms with Crippen molar-refractivity contribution in [1.29, 1.82) is 0 Å². The Bertz CT molecular complexity index is 363. The molecule has 2 unspecified atom stereocenters. The molecular weight excluding hydrogens is 206 g/mol. The summed E-state index contributed by atoms with van der Waals surface area (Å²) in [5, 5.41) is 7.05. The number of nitrogens with one attached hydrogen (secondary N) is 1. The smallest absolute Gasteiger partial charge is 0.258 e. The third-order valence-corrected chi connectivity index (χ3v) is 3.57. The van der Waals surface area contributed by atoms with Gasteiger partial charge < -0.3 is 14.7 Å². The summed E-state index contributed by atoms with van der Waals surface area (Å²) in [6.07, 6.45) is 5.34. The van der Waals surface area contributed by atoms with Crippen LogP contribution in [0, 0.1) is 5.92 Å². The number of carbonyl (C=O) groups excluding carboxylic acids is 1. The zero-order valence-corrected chi connectivity index (χ0v) is 9.06. The fourth-order valence-corrected chi connectivity index (χ4v) is 2.71. The van der Waals surface area contributed by atoms with Crippen molar-refractivity contribution in [2.24, 2.45) is 5.92 Å². The number of fused-ring (bicyclic) bond motifs is 1. The van der Waals surface area contributed by atoms with Gasteiger partial charge in [-0.15, -0.1) is 0 Å². The molecule has 2 aliphatic rings. The van der Waals surface area contributed by atoms with E-state index in [4.69, 9.17) is 4.52 Å². The molecule has 1 aromatic heterocycles. The van der Waals surface area contributed by atoms with Gasteiger partial charge >= 0.3 is 0 Å². The Hall–Kier alpha value is -1.36. The van der Waals surface area contributed by atoms with Crippen molar-refractivity contribution in [3.05, 3.63) is 18.0 Å². The molecule has 2 saturated heterocycles. The van der Waals surface area contributed by atoms with Gasteiger partial charge in [0.1, 0.15) is 6.26 Å². The number of likely N-dealkylation sites (tertiary alicyclic amines) is 1. The summed E-state index contributed by atoms with van der Waals surface area (Å²) in [7, 11) is 0. The van der Waals surface area contributed by atoms with Crippen LogP contribution in [-0.4, -0.2) is 41.6 Å². The third kappa shape index (κ3) is 1.61. The molecule has 16 heavy (non-hydrogen) atoms. The molecule has 0 aliphatic carbocycles. The van der Waals surface area contributed by atoms with Gasteiger partial charge in [-0.2, -0.15) is 0 Å². The van der Waals surface area contributed by atoms with E-state index < -0.39 is 0 Å². The highest BCUT2D eigenvalue weighted by molar-refractivity contribution is 5.93. The van der Waals surface area contributed by atoms with E-state index in [9.17, 15) is 4.79 Å². The third-order valence-electron chi connectivity index (χ3n) is 3.57. The number of hydrogen-bond donors (Lipinski definition) is 1. The van der Waals surface area contributed by atoms with Gasteiger partial charge in [0.25, 0.3) is 5.91 Å². The second-order valence-corrected chi connectivity index (χ2v) is 4.59. The molecule has 1 N–H and O–H groups in total. The van der Waals surface area contributed by atoms with Crippen LogP contribution in [0.25, 0.3) is 0 Å². The van der Waals surface area contributed by atoms with Gasteiger partial charge in [-0.25, -0.2) is 0 Å². The molecular formula is C11H15N3O2. The van der Waals surface area contributed by atoms with Gasteiger partial charge in [0, 0.05) is 19.1 Å². The lowest BCUT2D eigenvalue weighted by atomic mass is 9.94. The summed E-state index contributed by atoms with van der Waals surface area (Å²) in [6.45, 7) is 2.76. The maximum atomic E-state index is 12.0. The maximum absolute atomic E-state index is 12.0. The van der Waals surface area contributed by atoms with Crippen LogP contribution in [0.15, 0.2) is 17.0 Å². The van der Waals surface area contributed by atoms with Gasteiger partial charge in [-0.05, 0) is 25.3 Å². The van der Waals surface area contributed by atoms with Crippen LogP contribution < -0.4 is 5.32 Å². The average Bonchev–Trinajstić information content (AvgIpc) is 2.97. The summed E-state index contributed by atoms with van der Waals surface area (Å²) in [4.78, 5) is 14.0. The minimum absolute atomic E-state index is 0.0393. The monoisotopic (exact) mass is 221 g/mol. The zero-order valence-electron chi connectivity index (χ0n) is 9.06. The van der Waals surface area contributed by atoms with Gasteiger partial charge in [-0.3, -0.25) is 4.79 Å². The SMILES string of the molecule is O=C(c1cnoc1)N1CC2CCCNC2C1. The van der Waals surface area contributed by atoms with E-state index in [1.807, 2.05) is 4.90 Å². The van der Waals surface area contributed by atoms with Crippen molar-refractivity contribution in [1.82, 2.24) is 15.4 Å². The number of hydrogen-bond acceptors (Lipinski definition) is 4. The van der Waals surface area contributed by atoms with Crippen molar-refractivity contribution in [2.75, 3.05) is 19.6 Å². The molecule has 0 bridgehead atoms. The topological polar surface area (TPSA) is 58.4 Å². The van der Waals surface area contributed by atoms with Crippen LogP contribution >= 0.6 is 0 Å². The molecule has 0 radical (unpaired) electrons. The summed E-state index contributed by atoms with van der Waals surface area (Å²) < 4.78 is 4.70. The number of rotatable bonds is 1.